The number of rotatable bonds is 11. The number of piperidine rings is 1. The van der Waals surface area contributed by atoms with Crippen molar-refractivity contribution in [1.82, 2.24) is 24.4 Å². The average molecular weight is 908 g/mol. The van der Waals surface area contributed by atoms with Crippen LogP contribution in [0.5, 0.6) is 11.6 Å². The number of nitrogens with zero attached hydrogens (tertiary/aromatic N) is 8. The molecule has 2 amide bonds. The second-order valence-corrected chi connectivity index (χ2v) is 19.4. The summed E-state index contributed by atoms with van der Waals surface area (Å²) in [6, 6.07) is 17.2. The highest BCUT2D eigenvalue weighted by molar-refractivity contribution is 6.06. The molecule has 350 valence electrons. The Morgan fingerprint density at radius 3 is 2.64 bits per heavy atom. The second-order valence-electron chi connectivity index (χ2n) is 19.4. The van der Waals surface area contributed by atoms with E-state index in [1.807, 2.05) is 24.3 Å². The number of hydrogen-bond acceptors (Lipinski definition) is 13. The Hall–Kier alpha value is -6.65. The van der Waals surface area contributed by atoms with Gasteiger partial charge in [-0.25, -0.2) is 15.0 Å². The molecule has 0 saturated carbocycles. The largest absolute Gasteiger partial charge is 0.489 e. The van der Waals surface area contributed by atoms with Crippen molar-refractivity contribution in [3.05, 3.63) is 96.1 Å². The highest BCUT2D eigenvalue weighted by Crippen LogP contribution is 2.41. The number of aromatic nitrogens is 4. The number of aliphatic hydroxyl groups is 1. The predicted octanol–water partition coefficient (Wildman–Crippen LogP) is 6.87. The minimum atomic E-state index is -0.367. The van der Waals surface area contributed by atoms with Gasteiger partial charge >= 0.3 is 0 Å². The zero-order valence-electron chi connectivity index (χ0n) is 39.1. The van der Waals surface area contributed by atoms with E-state index < -0.39 is 0 Å². The summed E-state index contributed by atoms with van der Waals surface area (Å²) in [6.07, 6.45) is 8.55. The predicted molar refractivity (Wildman–Crippen MR) is 262 cm³/mol. The number of ether oxygens (including phenoxy) is 2. The highest BCUT2D eigenvalue weighted by atomic mass is 16.5. The number of methoxy groups -OCH3 is 1. The van der Waals surface area contributed by atoms with Crippen LogP contribution in [-0.2, 0) is 30.8 Å². The van der Waals surface area contributed by atoms with Crippen LogP contribution in [0.25, 0.3) is 11.3 Å². The Labute approximate surface area is 392 Å². The van der Waals surface area contributed by atoms with Crippen molar-refractivity contribution >= 4 is 51.9 Å². The summed E-state index contributed by atoms with van der Waals surface area (Å²) in [5.41, 5.74) is 9.32. The van der Waals surface area contributed by atoms with E-state index in [0.29, 0.717) is 77.3 Å². The van der Waals surface area contributed by atoms with E-state index in [1.165, 1.54) is 30.1 Å². The lowest BCUT2D eigenvalue weighted by molar-refractivity contribution is -0.111. The molecule has 10 rings (SSSR count). The Morgan fingerprint density at radius 2 is 1.87 bits per heavy atom. The number of piperazine rings is 1. The first-order valence-electron chi connectivity index (χ1n) is 23.6. The van der Waals surface area contributed by atoms with Crippen molar-refractivity contribution in [2.75, 3.05) is 83.6 Å². The van der Waals surface area contributed by atoms with Gasteiger partial charge in [0.2, 0.25) is 5.91 Å². The van der Waals surface area contributed by atoms with Gasteiger partial charge in [-0.3, -0.25) is 19.4 Å². The monoisotopic (exact) mass is 907 g/mol. The van der Waals surface area contributed by atoms with Crippen molar-refractivity contribution in [1.29, 1.82) is 0 Å². The maximum Gasteiger partial charge on any atom is 0.276 e. The average Bonchev–Trinajstić information content (AvgIpc) is 3.83. The minimum absolute atomic E-state index is 0.137. The number of aliphatic hydroxyl groups excluding tert-OH is 1. The number of nitrogens with one attached hydrogen (secondary N) is 3. The van der Waals surface area contributed by atoms with E-state index in [9.17, 15) is 14.7 Å². The molecule has 2 aromatic carbocycles. The number of pyridine rings is 1. The Morgan fingerprint density at radius 1 is 1.03 bits per heavy atom. The van der Waals surface area contributed by atoms with Crippen molar-refractivity contribution in [3.8, 4) is 22.9 Å². The summed E-state index contributed by atoms with van der Waals surface area (Å²) in [5.74, 6) is 1.47. The molecule has 2 atom stereocenters. The number of amides is 2. The lowest BCUT2D eigenvalue weighted by Gasteiger charge is -2.47. The molecule has 16 nitrogen and oxygen atoms in total. The Kier molecular flexibility index (Phi) is 11.8. The van der Waals surface area contributed by atoms with E-state index in [0.717, 1.165) is 75.5 Å². The highest BCUT2D eigenvalue weighted by Gasteiger charge is 2.38. The van der Waals surface area contributed by atoms with Crippen LogP contribution >= 0.6 is 0 Å². The summed E-state index contributed by atoms with van der Waals surface area (Å²) < 4.78 is 13.9. The summed E-state index contributed by atoms with van der Waals surface area (Å²) >= 11 is 0. The van der Waals surface area contributed by atoms with Gasteiger partial charge in [-0.15, -0.1) is 0 Å². The van der Waals surface area contributed by atoms with E-state index >= 15 is 0 Å². The molecule has 7 heterocycles. The molecule has 2 saturated heterocycles. The molecule has 16 heteroatoms. The fraction of sp³-hybridized carbons (Fsp3) is 0.431. The molecule has 2 fully saturated rings. The third-order valence-corrected chi connectivity index (χ3v) is 14.2. The van der Waals surface area contributed by atoms with E-state index in [-0.39, 0.29) is 35.8 Å². The Balaban J connectivity index is 0.844. The summed E-state index contributed by atoms with van der Waals surface area (Å²) in [6.45, 7) is 18.6. The molecule has 0 unspecified atom stereocenters. The number of fused-ring (bicyclic) bond motifs is 4. The lowest BCUT2D eigenvalue weighted by Crippen LogP contribution is -2.57. The zero-order chi connectivity index (χ0) is 46.6. The zero-order valence-corrected chi connectivity index (χ0v) is 39.1. The molecule has 4 aliphatic heterocycles. The van der Waals surface area contributed by atoms with Crippen LogP contribution in [0, 0.1) is 5.41 Å². The van der Waals surface area contributed by atoms with Gasteiger partial charge in [0, 0.05) is 98.4 Å². The van der Waals surface area contributed by atoms with Crippen LogP contribution in [0.4, 0.5) is 40.1 Å². The van der Waals surface area contributed by atoms with Crippen molar-refractivity contribution in [2.24, 2.45) is 5.41 Å². The SMILES string of the molecule is C=CC(=O)Nc1cc(Nc2nc(-c3ccnc(N4CCn5c(cc6c5CC(C)(C)C6)C4=O)c3CO)cnc2OC)ccc1N1CCN(C2CCN(c3ccc4c(c3)OC[C@@H](C)N4)CC2)C[C@@H]1C. The van der Waals surface area contributed by atoms with Gasteiger partial charge in [-0.05, 0) is 99.0 Å². The van der Waals surface area contributed by atoms with Gasteiger partial charge in [0.25, 0.3) is 11.8 Å². The van der Waals surface area contributed by atoms with Crippen LogP contribution < -0.4 is 40.1 Å². The number of hydrogen-bond donors (Lipinski definition) is 4. The fourth-order valence-electron chi connectivity index (χ4n) is 10.9. The molecular formula is C51H61N11O5. The van der Waals surface area contributed by atoms with Gasteiger partial charge in [-0.1, -0.05) is 20.4 Å². The molecule has 0 bridgehead atoms. The number of carbonyl (C=O) groups excluding carboxylic acids is 2. The number of carbonyl (C=O) groups is 2. The van der Waals surface area contributed by atoms with Gasteiger partial charge in [0.1, 0.15) is 23.9 Å². The van der Waals surface area contributed by atoms with Gasteiger partial charge in [0.05, 0.1) is 48.7 Å². The molecule has 0 spiro atoms. The first kappa shape index (κ1) is 44.2. The third kappa shape index (κ3) is 8.52. The van der Waals surface area contributed by atoms with Crippen LogP contribution in [0.3, 0.4) is 0 Å². The molecule has 5 aromatic rings. The summed E-state index contributed by atoms with van der Waals surface area (Å²) in [4.78, 5) is 50.3. The molecule has 1 aliphatic carbocycles. The van der Waals surface area contributed by atoms with Crippen molar-refractivity contribution in [2.45, 2.75) is 84.7 Å². The van der Waals surface area contributed by atoms with Gasteiger partial charge < -0.3 is 44.9 Å². The smallest absolute Gasteiger partial charge is 0.276 e. The number of anilines is 7. The van der Waals surface area contributed by atoms with Crippen LogP contribution in [0.1, 0.15) is 67.8 Å². The first-order chi connectivity index (χ1) is 32.4. The number of benzene rings is 2. The van der Waals surface area contributed by atoms with E-state index in [1.54, 1.807) is 23.4 Å². The first-order valence-corrected chi connectivity index (χ1v) is 23.6. The molecule has 4 N–H and O–H groups in total. The van der Waals surface area contributed by atoms with Gasteiger partial charge in [0.15, 0.2) is 5.82 Å². The second kappa shape index (κ2) is 17.9. The summed E-state index contributed by atoms with van der Waals surface area (Å²) in [7, 11) is 1.53. The van der Waals surface area contributed by atoms with E-state index in [4.69, 9.17) is 14.5 Å². The van der Waals surface area contributed by atoms with Crippen LogP contribution in [0.15, 0.2) is 73.6 Å². The molecular weight excluding hydrogens is 847 g/mol. The molecule has 5 aliphatic rings. The standard InChI is InChI=1S/C51H61N11O5/c1-7-46(64)56-40-23-34(8-11-42(40)60-19-18-59(28-32(60)3)35-13-16-58(17-14-35)36-9-10-39-45(24-36)67-30-31(2)54-39)55-47-49(66-6)53-27-41(57-47)37-12-15-52-48(38(37)29-63)62-21-20-61-43(50(62)65)22-33-25-51(4,5)26-44(33)61/h7-12,15,22-24,27,31-32,35,54,63H,1,13-14,16-21,25-26,28-30H2,2-6H3,(H,55,57)(H,56,64)/t31-,32+/m1/s1. The molecule has 3 aromatic heterocycles. The van der Waals surface area contributed by atoms with Crippen molar-refractivity contribution in [3.63, 3.8) is 0 Å². The van der Waals surface area contributed by atoms with Crippen molar-refractivity contribution < 1.29 is 24.2 Å². The maximum absolute atomic E-state index is 14.1. The fourth-order valence-corrected chi connectivity index (χ4v) is 10.9. The third-order valence-electron chi connectivity index (χ3n) is 14.2. The van der Waals surface area contributed by atoms with Crippen LogP contribution in [-0.4, -0.2) is 112 Å². The topological polar surface area (TPSA) is 165 Å². The summed E-state index contributed by atoms with van der Waals surface area (Å²) in [5, 5.41) is 20.8. The van der Waals surface area contributed by atoms with Gasteiger partial charge in [-0.2, -0.15) is 0 Å². The quantitative estimate of drug-likeness (QED) is 0.102. The minimum Gasteiger partial charge on any atom is -0.489 e. The molecule has 67 heavy (non-hydrogen) atoms. The molecule has 0 radical (unpaired) electrons. The van der Waals surface area contributed by atoms with E-state index in [2.05, 4.69) is 97.7 Å². The van der Waals surface area contributed by atoms with Crippen LogP contribution in [0.2, 0.25) is 0 Å². The lowest BCUT2D eigenvalue weighted by atomic mass is 9.90. The normalized spacial score (nSPS) is 20.3. The maximum atomic E-state index is 14.1. The Bertz CT molecular complexity index is 2730.